The van der Waals surface area contributed by atoms with Crippen molar-refractivity contribution in [2.75, 3.05) is 0 Å². The van der Waals surface area contributed by atoms with Crippen LogP contribution >= 0.6 is 27.5 Å². The van der Waals surface area contributed by atoms with E-state index in [0.717, 1.165) is 27.3 Å². The second kappa shape index (κ2) is 4.61. The molecule has 0 spiro atoms. The summed E-state index contributed by atoms with van der Waals surface area (Å²) < 4.78 is 4.52. The maximum Gasteiger partial charge on any atom is 0.166 e. The third-order valence-electron chi connectivity index (χ3n) is 2.77. The second-order valence-corrected chi connectivity index (χ2v) is 5.84. The first-order chi connectivity index (χ1) is 9.06. The molecule has 0 aliphatic heterocycles. The number of nitrogens with zero attached hydrogens (tertiary/aromatic N) is 5. The Morgan fingerprint density at radius 3 is 2.84 bits per heavy atom. The van der Waals surface area contributed by atoms with Gasteiger partial charge in [-0.2, -0.15) is 5.10 Å². The average Bonchev–Trinajstić information content (AvgIpc) is 2.91. The van der Waals surface area contributed by atoms with Crippen LogP contribution in [0.4, 0.5) is 0 Å². The Morgan fingerprint density at radius 1 is 1.42 bits per heavy atom. The molecular weight excluding hydrogens is 330 g/mol. The molecule has 0 saturated heterocycles. The minimum Gasteiger partial charge on any atom is -0.274 e. The SMILES string of the molecule is CC(Cl)c1nc2cc(Br)cnc2n1-c1ccn(C)n1. The Kier molecular flexibility index (Phi) is 3.06. The molecule has 3 rings (SSSR count). The summed E-state index contributed by atoms with van der Waals surface area (Å²) in [5, 5.41) is 4.17. The third-order valence-corrected chi connectivity index (χ3v) is 3.40. The second-order valence-electron chi connectivity index (χ2n) is 4.27. The maximum atomic E-state index is 6.22. The van der Waals surface area contributed by atoms with Crippen LogP contribution in [-0.4, -0.2) is 24.3 Å². The standard InChI is InChI=1S/C12H11BrClN5/c1-7(14)11-16-9-5-8(13)6-15-12(9)19(11)10-3-4-18(2)17-10/h3-7H,1-2H3. The molecule has 0 N–H and O–H groups in total. The number of halogens is 2. The molecule has 0 bridgehead atoms. The molecule has 3 aromatic heterocycles. The molecule has 0 aliphatic rings. The van der Waals surface area contributed by atoms with Crippen molar-refractivity contribution in [3.05, 3.63) is 34.8 Å². The molecule has 0 aromatic carbocycles. The first-order valence-corrected chi connectivity index (χ1v) is 6.97. The van der Waals surface area contributed by atoms with Gasteiger partial charge in [-0.1, -0.05) is 0 Å². The molecule has 1 unspecified atom stereocenters. The molecular formula is C12H11BrClN5. The molecule has 0 fully saturated rings. The van der Waals surface area contributed by atoms with Gasteiger partial charge in [-0.3, -0.25) is 9.25 Å². The molecule has 3 aromatic rings. The van der Waals surface area contributed by atoms with E-state index in [9.17, 15) is 0 Å². The van der Waals surface area contributed by atoms with Gasteiger partial charge in [0, 0.05) is 30.0 Å². The zero-order chi connectivity index (χ0) is 13.6. The zero-order valence-corrected chi connectivity index (χ0v) is 12.7. The highest BCUT2D eigenvalue weighted by Gasteiger charge is 2.18. The van der Waals surface area contributed by atoms with E-state index in [4.69, 9.17) is 11.6 Å². The summed E-state index contributed by atoms with van der Waals surface area (Å²) in [6.45, 7) is 1.89. The maximum absolute atomic E-state index is 6.22. The third kappa shape index (κ3) is 2.15. The summed E-state index contributed by atoms with van der Waals surface area (Å²) in [6.07, 6.45) is 3.62. The lowest BCUT2D eigenvalue weighted by Gasteiger charge is -2.06. The number of imidazole rings is 1. The normalized spacial score (nSPS) is 13.1. The van der Waals surface area contributed by atoms with E-state index in [1.54, 1.807) is 10.9 Å². The van der Waals surface area contributed by atoms with Gasteiger partial charge in [-0.05, 0) is 28.9 Å². The zero-order valence-electron chi connectivity index (χ0n) is 10.4. The Morgan fingerprint density at radius 2 is 2.21 bits per heavy atom. The highest BCUT2D eigenvalue weighted by molar-refractivity contribution is 9.10. The molecule has 1 atom stereocenters. The summed E-state index contributed by atoms with van der Waals surface area (Å²) in [6, 6.07) is 3.83. The topological polar surface area (TPSA) is 48.5 Å². The van der Waals surface area contributed by atoms with Crippen LogP contribution < -0.4 is 0 Å². The van der Waals surface area contributed by atoms with Crippen molar-refractivity contribution < 1.29 is 0 Å². The van der Waals surface area contributed by atoms with Gasteiger partial charge in [0.1, 0.15) is 11.3 Å². The molecule has 5 nitrogen and oxygen atoms in total. The number of pyridine rings is 1. The van der Waals surface area contributed by atoms with Gasteiger partial charge in [-0.25, -0.2) is 9.97 Å². The summed E-state index contributed by atoms with van der Waals surface area (Å²) in [4.78, 5) is 8.96. The molecule has 0 radical (unpaired) electrons. The number of aryl methyl sites for hydroxylation is 1. The van der Waals surface area contributed by atoms with Crippen LogP contribution in [0.3, 0.4) is 0 Å². The first-order valence-electron chi connectivity index (χ1n) is 5.74. The number of fused-ring (bicyclic) bond motifs is 1. The van der Waals surface area contributed by atoms with Gasteiger partial charge >= 0.3 is 0 Å². The van der Waals surface area contributed by atoms with Crippen molar-refractivity contribution in [2.24, 2.45) is 7.05 Å². The Bertz CT molecular complexity index is 746. The van der Waals surface area contributed by atoms with Gasteiger partial charge in [0.15, 0.2) is 11.5 Å². The Balaban J connectivity index is 2.34. The summed E-state index contributed by atoms with van der Waals surface area (Å²) in [5.41, 5.74) is 1.55. The molecule has 0 saturated carbocycles. The molecule has 19 heavy (non-hydrogen) atoms. The van der Waals surface area contributed by atoms with Gasteiger partial charge in [0.2, 0.25) is 0 Å². The molecule has 0 aliphatic carbocycles. The highest BCUT2D eigenvalue weighted by Crippen LogP contribution is 2.27. The van der Waals surface area contributed by atoms with E-state index < -0.39 is 0 Å². The quantitative estimate of drug-likeness (QED) is 0.673. The first kappa shape index (κ1) is 12.6. The highest BCUT2D eigenvalue weighted by atomic mass is 79.9. The van der Waals surface area contributed by atoms with Crippen molar-refractivity contribution in [1.82, 2.24) is 24.3 Å². The fourth-order valence-electron chi connectivity index (χ4n) is 1.97. The van der Waals surface area contributed by atoms with E-state index in [0.29, 0.717) is 0 Å². The van der Waals surface area contributed by atoms with E-state index in [2.05, 4.69) is 31.0 Å². The van der Waals surface area contributed by atoms with E-state index in [1.165, 1.54) is 0 Å². The number of hydrogen-bond acceptors (Lipinski definition) is 3. The van der Waals surface area contributed by atoms with E-state index >= 15 is 0 Å². The van der Waals surface area contributed by atoms with E-state index in [1.807, 2.05) is 36.9 Å². The van der Waals surface area contributed by atoms with Crippen molar-refractivity contribution in [2.45, 2.75) is 12.3 Å². The lowest BCUT2D eigenvalue weighted by Crippen LogP contribution is -2.04. The predicted molar refractivity (Wildman–Crippen MR) is 77.6 cm³/mol. The van der Waals surface area contributed by atoms with Crippen LogP contribution in [0.25, 0.3) is 17.0 Å². The van der Waals surface area contributed by atoms with Gasteiger partial charge < -0.3 is 0 Å². The lowest BCUT2D eigenvalue weighted by atomic mass is 10.4. The average molecular weight is 341 g/mol. The Labute approximate surface area is 123 Å². The summed E-state index contributed by atoms with van der Waals surface area (Å²) >= 11 is 9.62. The Hall–Kier alpha value is -1.40. The van der Waals surface area contributed by atoms with Gasteiger partial charge in [-0.15, -0.1) is 11.6 Å². The van der Waals surface area contributed by atoms with Crippen molar-refractivity contribution in [3.8, 4) is 5.82 Å². The van der Waals surface area contributed by atoms with Crippen LogP contribution in [0.5, 0.6) is 0 Å². The molecule has 3 heterocycles. The number of rotatable bonds is 2. The number of aromatic nitrogens is 5. The number of hydrogen-bond donors (Lipinski definition) is 0. The molecule has 7 heteroatoms. The van der Waals surface area contributed by atoms with Crippen LogP contribution in [0.1, 0.15) is 18.1 Å². The fourth-order valence-corrected chi connectivity index (χ4v) is 2.44. The van der Waals surface area contributed by atoms with Crippen LogP contribution in [0.2, 0.25) is 0 Å². The monoisotopic (exact) mass is 339 g/mol. The van der Waals surface area contributed by atoms with Crippen LogP contribution in [-0.2, 0) is 7.05 Å². The minimum atomic E-state index is -0.227. The van der Waals surface area contributed by atoms with Crippen molar-refractivity contribution in [1.29, 1.82) is 0 Å². The van der Waals surface area contributed by atoms with E-state index in [-0.39, 0.29) is 5.38 Å². The summed E-state index contributed by atoms with van der Waals surface area (Å²) in [7, 11) is 1.87. The van der Waals surface area contributed by atoms with Crippen molar-refractivity contribution in [3.63, 3.8) is 0 Å². The minimum absolute atomic E-state index is 0.227. The van der Waals surface area contributed by atoms with Crippen LogP contribution in [0, 0.1) is 0 Å². The molecule has 0 amide bonds. The van der Waals surface area contributed by atoms with Gasteiger partial charge in [0.25, 0.3) is 0 Å². The molecule has 98 valence electrons. The fraction of sp³-hybridized carbons (Fsp3) is 0.250. The predicted octanol–water partition coefficient (Wildman–Crippen LogP) is 3.22. The van der Waals surface area contributed by atoms with Crippen LogP contribution in [0.15, 0.2) is 29.0 Å². The largest absolute Gasteiger partial charge is 0.274 e. The smallest absolute Gasteiger partial charge is 0.166 e. The summed E-state index contributed by atoms with van der Waals surface area (Å²) in [5.74, 6) is 1.50. The van der Waals surface area contributed by atoms with Gasteiger partial charge in [0.05, 0.1) is 5.38 Å². The van der Waals surface area contributed by atoms with Crippen molar-refractivity contribution >= 4 is 38.7 Å². The lowest BCUT2D eigenvalue weighted by molar-refractivity contribution is 0.742. The number of alkyl halides is 1.